The van der Waals surface area contributed by atoms with Gasteiger partial charge in [0.2, 0.25) is 0 Å². The summed E-state index contributed by atoms with van der Waals surface area (Å²) in [6.07, 6.45) is 2.57. The molecule has 2 rings (SSSR count). The molecule has 2 unspecified atom stereocenters. The molecule has 2 fully saturated rings. The molecule has 0 spiro atoms. The maximum Gasteiger partial charge on any atom is 0.0470 e. The molecule has 2 N–H and O–H groups in total. The third-order valence-electron chi connectivity index (χ3n) is 4.67. The monoisotopic (exact) mass is 257 g/mol. The van der Waals surface area contributed by atoms with Gasteiger partial charge in [0.1, 0.15) is 0 Å². The van der Waals surface area contributed by atoms with Gasteiger partial charge >= 0.3 is 0 Å². The number of thioether (sulfide) groups is 1. The molecule has 2 atom stereocenters. The smallest absolute Gasteiger partial charge is 0.0470 e. The van der Waals surface area contributed by atoms with Crippen molar-refractivity contribution in [1.29, 1.82) is 0 Å². The van der Waals surface area contributed by atoms with Crippen molar-refractivity contribution in [3.8, 4) is 0 Å². The standard InChI is InChI=1S/C13H27N3S/c1-11(2)16-6-5-13(9-14,10-16)15(3)12-4-7-17-8-12/h11-12H,4-10,14H2,1-3H3. The zero-order valence-electron chi connectivity index (χ0n) is 11.5. The van der Waals surface area contributed by atoms with Crippen molar-refractivity contribution in [2.24, 2.45) is 5.73 Å². The normalized spacial score (nSPS) is 35.3. The van der Waals surface area contributed by atoms with Gasteiger partial charge < -0.3 is 5.73 Å². The third kappa shape index (κ3) is 2.65. The molecule has 0 aromatic carbocycles. The van der Waals surface area contributed by atoms with Gasteiger partial charge in [-0.25, -0.2) is 0 Å². The lowest BCUT2D eigenvalue weighted by Crippen LogP contribution is -2.57. The molecular formula is C13H27N3S. The summed E-state index contributed by atoms with van der Waals surface area (Å²) in [5.41, 5.74) is 6.36. The van der Waals surface area contributed by atoms with Crippen LogP contribution in [0.3, 0.4) is 0 Å². The highest BCUT2D eigenvalue weighted by atomic mass is 32.2. The van der Waals surface area contributed by atoms with Crippen LogP contribution < -0.4 is 5.73 Å². The number of rotatable bonds is 4. The van der Waals surface area contributed by atoms with Gasteiger partial charge in [-0.2, -0.15) is 11.8 Å². The molecule has 0 bridgehead atoms. The summed E-state index contributed by atoms with van der Waals surface area (Å²) in [4.78, 5) is 5.18. The summed E-state index contributed by atoms with van der Waals surface area (Å²) in [5, 5.41) is 0. The highest BCUT2D eigenvalue weighted by Crippen LogP contribution is 2.33. The number of hydrogen-bond donors (Lipinski definition) is 1. The molecule has 3 nitrogen and oxygen atoms in total. The average Bonchev–Trinajstić information content (AvgIpc) is 2.98. The van der Waals surface area contributed by atoms with Crippen LogP contribution in [0.4, 0.5) is 0 Å². The van der Waals surface area contributed by atoms with Crippen molar-refractivity contribution < 1.29 is 0 Å². The largest absolute Gasteiger partial charge is 0.329 e. The first-order valence-electron chi connectivity index (χ1n) is 6.84. The van der Waals surface area contributed by atoms with E-state index in [9.17, 15) is 0 Å². The summed E-state index contributed by atoms with van der Waals surface area (Å²) in [5.74, 6) is 2.61. The first-order valence-corrected chi connectivity index (χ1v) is 7.99. The summed E-state index contributed by atoms with van der Waals surface area (Å²) in [6, 6.07) is 1.39. The van der Waals surface area contributed by atoms with Crippen molar-refractivity contribution in [1.82, 2.24) is 9.80 Å². The van der Waals surface area contributed by atoms with E-state index in [-0.39, 0.29) is 5.54 Å². The van der Waals surface area contributed by atoms with Crippen LogP contribution in [-0.2, 0) is 0 Å². The van der Waals surface area contributed by atoms with E-state index < -0.39 is 0 Å². The zero-order valence-corrected chi connectivity index (χ0v) is 12.3. The Hall–Kier alpha value is 0.230. The molecule has 2 aliphatic heterocycles. The maximum absolute atomic E-state index is 6.12. The number of likely N-dealkylation sites (N-methyl/N-ethyl adjacent to an activating group) is 1. The minimum atomic E-state index is 0.236. The molecule has 2 heterocycles. The van der Waals surface area contributed by atoms with E-state index >= 15 is 0 Å². The van der Waals surface area contributed by atoms with Crippen LogP contribution in [-0.4, -0.2) is 65.6 Å². The van der Waals surface area contributed by atoms with Crippen LogP contribution in [0.25, 0.3) is 0 Å². The fourth-order valence-corrected chi connectivity index (χ4v) is 4.41. The van der Waals surface area contributed by atoms with E-state index in [1.54, 1.807) is 0 Å². The lowest BCUT2D eigenvalue weighted by molar-refractivity contribution is 0.0883. The quantitative estimate of drug-likeness (QED) is 0.821. The van der Waals surface area contributed by atoms with Crippen molar-refractivity contribution in [3.63, 3.8) is 0 Å². The molecule has 0 aromatic rings. The first-order chi connectivity index (χ1) is 8.09. The van der Waals surface area contributed by atoms with E-state index in [0.29, 0.717) is 6.04 Å². The van der Waals surface area contributed by atoms with E-state index in [2.05, 4.69) is 42.5 Å². The predicted molar refractivity (Wildman–Crippen MR) is 76.6 cm³/mol. The van der Waals surface area contributed by atoms with Gasteiger partial charge in [-0.05, 0) is 39.5 Å². The Morgan fingerprint density at radius 1 is 1.53 bits per heavy atom. The van der Waals surface area contributed by atoms with Crippen LogP contribution in [0.15, 0.2) is 0 Å². The molecule has 0 aliphatic carbocycles. The Balaban J connectivity index is 2.04. The molecule has 2 saturated heterocycles. The van der Waals surface area contributed by atoms with Gasteiger partial charge in [-0.3, -0.25) is 9.80 Å². The third-order valence-corrected chi connectivity index (χ3v) is 5.82. The van der Waals surface area contributed by atoms with Crippen molar-refractivity contribution in [2.75, 3.05) is 38.2 Å². The minimum Gasteiger partial charge on any atom is -0.329 e. The van der Waals surface area contributed by atoms with Crippen LogP contribution >= 0.6 is 11.8 Å². The van der Waals surface area contributed by atoms with Crippen LogP contribution in [0, 0.1) is 0 Å². The fourth-order valence-electron chi connectivity index (χ4n) is 3.14. The van der Waals surface area contributed by atoms with Gasteiger partial charge in [0.05, 0.1) is 0 Å². The molecule has 0 amide bonds. The maximum atomic E-state index is 6.12. The van der Waals surface area contributed by atoms with Crippen molar-refractivity contribution in [3.05, 3.63) is 0 Å². The second-order valence-corrected chi connectivity index (χ2v) is 7.02. The summed E-state index contributed by atoms with van der Waals surface area (Å²) >= 11 is 2.09. The number of hydrogen-bond acceptors (Lipinski definition) is 4. The molecule has 0 aromatic heterocycles. The molecule has 0 radical (unpaired) electrons. The van der Waals surface area contributed by atoms with Crippen LogP contribution in [0.2, 0.25) is 0 Å². The number of likely N-dealkylation sites (tertiary alicyclic amines) is 1. The second kappa shape index (κ2) is 5.47. The Bertz CT molecular complexity index is 253. The average molecular weight is 257 g/mol. The minimum absolute atomic E-state index is 0.236. The van der Waals surface area contributed by atoms with Crippen molar-refractivity contribution >= 4 is 11.8 Å². The molecule has 100 valence electrons. The van der Waals surface area contributed by atoms with Crippen LogP contribution in [0.1, 0.15) is 26.7 Å². The predicted octanol–water partition coefficient (Wildman–Crippen LogP) is 1.24. The topological polar surface area (TPSA) is 32.5 Å². The van der Waals surface area contributed by atoms with Crippen molar-refractivity contribution in [2.45, 2.75) is 44.3 Å². The lowest BCUT2D eigenvalue weighted by atomic mass is 9.94. The number of nitrogens with zero attached hydrogens (tertiary/aromatic N) is 2. The SMILES string of the molecule is CC(C)N1CCC(CN)(N(C)C2CCSC2)C1. The van der Waals surface area contributed by atoms with Gasteiger partial charge in [-0.15, -0.1) is 0 Å². The van der Waals surface area contributed by atoms with E-state index in [1.165, 1.54) is 30.9 Å². The summed E-state index contributed by atoms with van der Waals surface area (Å²) in [7, 11) is 2.30. The highest BCUT2D eigenvalue weighted by Gasteiger charge is 2.43. The highest BCUT2D eigenvalue weighted by molar-refractivity contribution is 7.99. The molecule has 2 aliphatic rings. The molecular weight excluding hydrogens is 230 g/mol. The van der Waals surface area contributed by atoms with Gasteiger partial charge in [-0.1, -0.05) is 0 Å². The fraction of sp³-hybridized carbons (Fsp3) is 1.00. The van der Waals surface area contributed by atoms with E-state index in [1.807, 2.05) is 0 Å². The Morgan fingerprint density at radius 3 is 2.76 bits per heavy atom. The Labute approximate surface area is 110 Å². The Morgan fingerprint density at radius 2 is 2.29 bits per heavy atom. The number of nitrogens with two attached hydrogens (primary N) is 1. The zero-order chi connectivity index (χ0) is 12.5. The van der Waals surface area contributed by atoms with E-state index in [4.69, 9.17) is 5.73 Å². The van der Waals surface area contributed by atoms with Gasteiger partial charge in [0, 0.05) is 43.0 Å². The molecule has 4 heteroatoms. The first kappa shape index (κ1) is 13.7. The van der Waals surface area contributed by atoms with Crippen LogP contribution in [0.5, 0.6) is 0 Å². The Kier molecular flexibility index (Phi) is 4.40. The van der Waals surface area contributed by atoms with Gasteiger partial charge in [0.25, 0.3) is 0 Å². The summed E-state index contributed by atoms with van der Waals surface area (Å²) in [6.45, 7) is 7.74. The molecule has 17 heavy (non-hydrogen) atoms. The summed E-state index contributed by atoms with van der Waals surface area (Å²) < 4.78 is 0. The lowest BCUT2D eigenvalue weighted by Gasteiger charge is -2.42. The molecule has 0 saturated carbocycles. The second-order valence-electron chi connectivity index (χ2n) is 5.87. The van der Waals surface area contributed by atoms with E-state index in [0.717, 1.165) is 19.1 Å². The van der Waals surface area contributed by atoms with Gasteiger partial charge in [0.15, 0.2) is 0 Å².